The number of amides is 16. The summed E-state index contributed by atoms with van der Waals surface area (Å²) in [4.78, 5) is 241. The van der Waals surface area contributed by atoms with Gasteiger partial charge in [0.1, 0.15) is 108 Å². The number of rotatable bonds is 58. The Hall–Kier alpha value is -14.7. The van der Waals surface area contributed by atoms with E-state index in [1.165, 1.54) is 84.9 Å². The molecule has 0 spiro atoms. The number of unbranched alkanes of at least 4 members (excludes halogenated alkanes) is 1. The van der Waals surface area contributed by atoms with E-state index in [4.69, 9.17) is 28.3 Å². The number of aliphatic hydroxyl groups excluding tert-OH is 4. The zero-order chi connectivity index (χ0) is 104. The van der Waals surface area contributed by atoms with Gasteiger partial charge in [-0.05, 0) is 159 Å². The zero-order valence-corrected chi connectivity index (χ0v) is 78.3. The third-order valence-corrected chi connectivity index (χ3v) is 22.8. The first-order chi connectivity index (χ1) is 66.4. The van der Waals surface area contributed by atoms with Crippen LogP contribution in [-0.2, 0) is 114 Å². The maximum absolute atomic E-state index is 15.1. The number of aromatic hydroxyl groups is 4. The van der Waals surface area contributed by atoms with Crippen molar-refractivity contribution in [2.45, 2.75) is 228 Å². The number of likely N-dealkylation sites (tertiary alicyclic amines) is 1. The second-order valence-corrected chi connectivity index (χ2v) is 34.5. The fourth-order valence-corrected chi connectivity index (χ4v) is 14.9. The summed E-state index contributed by atoms with van der Waals surface area (Å²) in [5, 5.41) is 137. The Morgan fingerprint density at radius 1 is 0.421 bits per heavy atom. The molecule has 17 atom stereocenters. The minimum absolute atomic E-state index is 0.00936. The van der Waals surface area contributed by atoms with Crippen LogP contribution in [0.5, 0.6) is 23.0 Å². The lowest BCUT2D eigenvalue weighted by Gasteiger charge is -2.31. The van der Waals surface area contributed by atoms with Crippen LogP contribution in [0.3, 0.4) is 0 Å². The van der Waals surface area contributed by atoms with Crippen LogP contribution in [0.25, 0.3) is 0 Å². The standard InChI is InChI=1S/C93H131N21O26/c1-6-50(4)76(112-78(125)61(95)39-53-19-27-57(119)28-20-53)89(136)106-67(40-52-14-8-7-9-15-52)83(130)105-66(42-55-23-31-59(121)32-24-55)86(133)109-70(46-115)79(126)100-45-75(124)101-62(17-12-36-99-93(97)98)81(128)113-77(51(5)118)90(137)107-68(43-56-25-33-60(122)34-26-56)84(131)104-65(41-54-21-29-58(120)30-22-54)85(132)108-69(44-74(96)123)91(138)114-37-13-18-73(114)88(135)110-71(47-116)87(134)103-64(38-49(2)3)82(129)102-63(16-10-11-35-94)80(127)111-72(48-117)92(139)140/h7-9,14-15,19-34,49-51,61-73,76-77,115-122H,6,10-13,16-18,35-48,94-95H2,1-5H3,(H2,96,123)(H,100,126)(H,101,124)(H,102,129)(H,103,134)(H,104,131)(H,105,130)(H,106,136)(H,107,137)(H,108,132)(H,109,133)(H,110,135)(H,111,127)(H,112,125)(H,113,128)(H,139,140)(H4,97,98,99)/t50-,51+,61-,62-,63-,64-,65-,66-,67-,68-,69-,70-,71-,72-,73-,76-,77-/m0/s1. The molecule has 0 unspecified atom stereocenters. The number of aliphatic hydroxyl groups is 4. The van der Waals surface area contributed by atoms with Gasteiger partial charge in [0.05, 0.1) is 44.9 Å². The summed E-state index contributed by atoms with van der Waals surface area (Å²) in [5.74, 6) is -20.6. The first kappa shape index (κ1) is 114. The first-order valence-electron chi connectivity index (χ1n) is 45.7. The number of carboxylic acids is 1. The predicted octanol–water partition coefficient (Wildman–Crippen LogP) is -6.44. The van der Waals surface area contributed by atoms with Crippen LogP contribution in [0, 0.1) is 17.2 Å². The van der Waals surface area contributed by atoms with Crippen LogP contribution >= 0.6 is 0 Å². The van der Waals surface area contributed by atoms with Crippen LogP contribution in [0.2, 0.25) is 0 Å². The number of guanidine groups is 1. The number of aliphatic carboxylic acids is 1. The summed E-state index contributed by atoms with van der Waals surface area (Å²) in [6.07, 6.45) is -3.77. The minimum Gasteiger partial charge on any atom is -0.508 e. The molecule has 5 aromatic carbocycles. The van der Waals surface area contributed by atoms with Crippen molar-refractivity contribution in [1.29, 1.82) is 5.41 Å². The van der Waals surface area contributed by atoms with Gasteiger partial charge in [0.15, 0.2) is 5.96 Å². The molecule has 47 heteroatoms. The molecule has 5 aromatic rings. The van der Waals surface area contributed by atoms with E-state index < -0.39 is 255 Å². The summed E-state index contributed by atoms with van der Waals surface area (Å²) in [6, 6.07) is 5.61. The van der Waals surface area contributed by atoms with E-state index in [2.05, 4.69) is 79.8 Å². The van der Waals surface area contributed by atoms with E-state index in [0.717, 1.165) is 11.8 Å². The maximum Gasteiger partial charge on any atom is 0.328 e. The molecule has 0 bridgehead atoms. The molecule has 140 heavy (non-hydrogen) atoms. The van der Waals surface area contributed by atoms with E-state index in [0.29, 0.717) is 29.5 Å². The highest BCUT2D eigenvalue weighted by Crippen LogP contribution is 2.23. The lowest BCUT2D eigenvalue weighted by atomic mass is 9.96. The van der Waals surface area contributed by atoms with Crippen molar-refractivity contribution >= 4 is 106 Å². The van der Waals surface area contributed by atoms with Gasteiger partial charge in [-0.15, -0.1) is 0 Å². The normalized spacial score (nSPS) is 15.7. The summed E-state index contributed by atoms with van der Waals surface area (Å²) in [5.41, 5.74) is 25.1. The number of carbonyl (C=O) groups excluding carboxylic acids is 16. The number of primary amides is 1. The van der Waals surface area contributed by atoms with Gasteiger partial charge in [0, 0.05) is 38.8 Å². The van der Waals surface area contributed by atoms with Crippen molar-refractivity contribution in [3.05, 3.63) is 155 Å². The summed E-state index contributed by atoms with van der Waals surface area (Å²) < 4.78 is 0. The molecule has 1 aliphatic rings. The smallest absolute Gasteiger partial charge is 0.328 e. The van der Waals surface area contributed by atoms with E-state index in [-0.39, 0.29) is 124 Å². The van der Waals surface area contributed by atoms with Crippen LogP contribution < -0.4 is 103 Å². The molecule has 0 aromatic heterocycles. The molecule has 764 valence electrons. The van der Waals surface area contributed by atoms with Gasteiger partial charge in [0.25, 0.3) is 0 Å². The van der Waals surface area contributed by atoms with E-state index in [9.17, 15) is 123 Å². The van der Waals surface area contributed by atoms with Gasteiger partial charge in [-0.2, -0.15) is 0 Å². The van der Waals surface area contributed by atoms with E-state index >= 15 is 4.79 Å². The van der Waals surface area contributed by atoms with Crippen molar-refractivity contribution in [3.63, 3.8) is 0 Å². The molecule has 0 aliphatic carbocycles. The third kappa shape index (κ3) is 38.0. The van der Waals surface area contributed by atoms with Crippen LogP contribution in [0.15, 0.2) is 127 Å². The molecular formula is C93H131N21O26. The topological polar surface area (TPSA) is 784 Å². The van der Waals surface area contributed by atoms with Crippen LogP contribution in [0.4, 0.5) is 0 Å². The number of carbonyl (C=O) groups is 17. The number of carboxylic acid groups (broad SMARTS) is 1. The van der Waals surface area contributed by atoms with Gasteiger partial charge >= 0.3 is 5.97 Å². The molecule has 47 nitrogen and oxygen atoms in total. The Labute approximate surface area is 807 Å². The third-order valence-electron chi connectivity index (χ3n) is 22.8. The monoisotopic (exact) mass is 1960 g/mol. The molecule has 0 saturated carbocycles. The van der Waals surface area contributed by atoms with Gasteiger partial charge in [0.2, 0.25) is 94.5 Å². The molecule has 0 radical (unpaired) electrons. The maximum atomic E-state index is 15.1. The molecular weight excluding hydrogens is 1830 g/mol. The first-order valence-corrected chi connectivity index (χ1v) is 45.7. The van der Waals surface area contributed by atoms with Gasteiger partial charge in [-0.3, -0.25) is 82.1 Å². The molecule has 1 heterocycles. The zero-order valence-electron chi connectivity index (χ0n) is 78.3. The van der Waals surface area contributed by atoms with Gasteiger partial charge < -0.3 is 154 Å². The predicted molar refractivity (Wildman–Crippen MR) is 504 cm³/mol. The highest BCUT2D eigenvalue weighted by atomic mass is 16.4. The largest absolute Gasteiger partial charge is 0.508 e. The molecule has 1 aliphatic heterocycles. The lowest BCUT2D eigenvalue weighted by Crippen LogP contribution is -2.62. The molecule has 1 saturated heterocycles. The lowest BCUT2D eigenvalue weighted by molar-refractivity contribution is -0.144. The highest BCUT2D eigenvalue weighted by molar-refractivity contribution is 6.02. The number of phenols is 4. The number of hydrogen-bond donors (Lipinski definition) is 29. The van der Waals surface area contributed by atoms with Crippen molar-refractivity contribution in [3.8, 4) is 23.0 Å². The van der Waals surface area contributed by atoms with Crippen LogP contribution in [0.1, 0.15) is 127 Å². The summed E-state index contributed by atoms with van der Waals surface area (Å²) in [6.45, 7) is 3.59. The number of hydrogen-bond acceptors (Lipinski definition) is 28. The summed E-state index contributed by atoms with van der Waals surface area (Å²) in [7, 11) is 0. The fourth-order valence-electron chi connectivity index (χ4n) is 14.9. The van der Waals surface area contributed by atoms with Crippen molar-refractivity contribution < 1.29 is 127 Å². The number of benzene rings is 5. The van der Waals surface area contributed by atoms with Crippen molar-refractivity contribution in [1.82, 2.24) is 84.7 Å². The number of nitrogens with zero attached hydrogens (tertiary/aromatic N) is 1. The number of nitrogens with one attached hydrogen (secondary N) is 16. The van der Waals surface area contributed by atoms with Gasteiger partial charge in [-0.25, -0.2) is 4.79 Å². The van der Waals surface area contributed by atoms with Crippen LogP contribution in [-0.4, -0.2) is 300 Å². The second kappa shape index (κ2) is 57.5. The minimum atomic E-state index is -2.04. The Kier molecular flexibility index (Phi) is 46.8. The molecule has 6 rings (SSSR count). The second-order valence-electron chi connectivity index (χ2n) is 34.5. The summed E-state index contributed by atoms with van der Waals surface area (Å²) >= 11 is 0. The average molecular weight is 1960 g/mol. The Balaban J connectivity index is 1.20. The SMILES string of the molecule is CC[C@H](C)[C@H](NC(=O)[C@@H](N)Cc1ccc(O)cc1)C(=O)N[C@@H](Cc1ccccc1)C(=O)N[C@@H](Cc1ccc(O)cc1)C(=O)N[C@@H](CO)C(=O)NCC(=O)N[C@@H](CCCNC(=N)N)C(=O)N[C@H](C(=O)N[C@@H](Cc1ccc(O)cc1)C(=O)N[C@@H](Cc1ccc(O)cc1)C(=O)N[C@@H](CC(N)=O)C(=O)N1CCC[C@H]1C(=O)N[C@@H](CO)C(=O)N[C@@H](CC(C)C)C(=O)N[C@@H](CCCCN)C(=O)N[C@@H](CO)C(=O)O)[C@@H](C)O. The number of phenolic OH excluding ortho intramolecular Hbond substituents is 4. The quantitative estimate of drug-likeness (QED) is 0.00978. The van der Waals surface area contributed by atoms with Gasteiger partial charge in [-0.1, -0.05) is 113 Å². The molecule has 16 amide bonds. The Morgan fingerprint density at radius 3 is 1.24 bits per heavy atom. The van der Waals surface area contributed by atoms with E-state index in [1.54, 1.807) is 70.2 Å². The Bertz CT molecular complexity index is 5020. The fraction of sp³-hybridized carbons (Fsp3) is 0.484. The molecule has 33 N–H and O–H groups in total. The Morgan fingerprint density at radius 2 is 0.800 bits per heavy atom. The average Bonchev–Trinajstić information content (AvgIpc) is 1.25. The van der Waals surface area contributed by atoms with Crippen molar-refractivity contribution in [2.75, 3.05) is 46.0 Å². The van der Waals surface area contributed by atoms with E-state index in [1.807, 2.05) is 0 Å². The highest BCUT2D eigenvalue weighted by Gasteiger charge is 2.43. The van der Waals surface area contributed by atoms with Crippen molar-refractivity contribution in [2.24, 2.45) is 34.8 Å². The molecule has 1 fully saturated rings. The number of nitrogens with two attached hydrogens (primary N) is 4.